The minimum absolute atomic E-state index is 0.0750. The van der Waals surface area contributed by atoms with Gasteiger partial charge in [0.2, 0.25) is 0 Å². The third-order valence-corrected chi connectivity index (χ3v) is 4.49. The van der Waals surface area contributed by atoms with Gasteiger partial charge in [-0.3, -0.25) is 4.57 Å². The first-order valence-electron chi connectivity index (χ1n) is 5.99. The summed E-state index contributed by atoms with van der Waals surface area (Å²) in [6.07, 6.45) is -4.55. The molecule has 24 heavy (non-hydrogen) atoms. The van der Waals surface area contributed by atoms with E-state index in [1.54, 1.807) is 6.07 Å². The van der Waals surface area contributed by atoms with Gasteiger partial charge in [-0.25, -0.2) is 0 Å². The van der Waals surface area contributed by atoms with Crippen LogP contribution in [-0.2, 0) is 6.18 Å². The molecule has 0 aliphatic heterocycles. The molecular weight excluding hydrogens is 424 g/mol. The highest BCUT2D eigenvalue weighted by Gasteiger charge is 2.35. The van der Waals surface area contributed by atoms with Gasteiger partial charge in [-0.1, -0.05) is 0 Å². The van der Waals surface area contributed by atoms with Gasteiger partial charge in [-0.05, 0) is 52.0 Å². The Kier molecular flexibility index (Phi) is 4.83. The van der Waals surface area contributed by atoms with Gasteiger partial charge in [-0.2, -0.15) is 31.6 Å². The molecule has 0 aliphatic carbocycles. The Bertz CT molecular complexity index is 802. The van der Waals surface area contributed by atoms with Crippen molar-refractivity contribution in [1.29, 1.82) is 5.26 Å². The fraction of sp³-hybridized carbons (Fsp3) is 0.154. The topological polar surface area (TPSA) is 54.7 Å². The van der Waals surface area contributed by atoms with Gasteiger partial charge in [0.25, 0.3) is 0 Å². The molecule has 0 aliphatic rings. The Labute approximate surface area is 144 Å². The molecule has 1 aromatic carbocycles. The Hall–Kier alpha value is -1.80. The second-order valence-corrected chi connectivity index (χ2v) is 6.25. The molecule has 0 bridgehead atoms. The maximum atomic E-state index is 12.6. The average Bonchev–Trinajstić information content (AvgIpc) is 2.67. The van der Waals surface area contributed by atoms with Crippen molar-refractivity contribution in [3.63, 3.8) is 0 Å². The largest absolute Gasteiger partial charge is 0.446 e. The van der Waals surface area contributed by atoms with E-state index in [-0.39, 0.29) is 15.9 Å². The zero-order chi connectivity index (χ0) is 18.3. The van der Waals surface area contributed by atoms with Crippen molar-refractivity contribution in [3.05, 3.63) is 40.0 Å². The predicted molar refractivity (Wildman–Crippen MR) is 79.5 cm³/mol. The molecule has 1 aromatic heterocycles. The van der Waals surface area contributed by atoms with Crippen LogP contribution in [0.2, 0.25) is 0 Å². The number of anilines is 1. The van der Waals surface area contributed by atoms with Crippen LogP contribution >= 0.6 is 27.7 Å². The van der Waals surface area contributed by atoms with E-state index < -0.39 is 39.7 Å². The average molecular weight is 430 g/mol. The number of nitrogens with two attached hydrogens (primary N) is 1. The second-order valence-electron chi connectivity index (χ2n) is 4.42. The molecule has 0 atom stereocenters. The molecule has 0 fully saturated rings. The van der Waals surface area contributed by atoms with E-state index in [0.717, 1.165) is 28.8 Å². The molecule has 1 heterocycles. The van der Waals surface area contributed by atoms with Gasteiger partial charge < -0.3 is 5.73 Å². The van der Waals surface area contributed by atoms with Crippen molar-refractivity contribution in [2.75, 3.05) is 5.73 Å². The maximum absolute atomic E-state index is 12.6. The van der Waals surface area contributed by atoms with E-state index in [1.807, 2.05) is 0 Å². The minimum atomic E-state index is -4.68. The monoisotopic (exact) mass is 429 g/mol. The molecule has 128 valence electrons. The summed E-state index contributed by atoms with van der Waals surface area (Å²) < 4.78 is 76.5. The summed E-state index contributed by atoms with van der Waals surface area (Å²) >= 11 is 2.41. The Morgan fingerprint density at radius 2 is 1.62 bits per heavy atom. The summed E-state index contributed by atoms with van der Waals surface area (Å²) in [4.78, 5) is -0.517. The van der Waals surface area contributed by atoms with Gasteiger partial charge in [-0.15, -0.1) is 0 Å². The highest BCUT2D eigenvalue weighted by Crippen LogP contribution is 2.46. The molecule has 0 radical (unpaired) electrons. The van der Waals surface area contributed by atoms with Gasteiger partial charge in [0.1, 0.15) is 22.1 Å². The van der Waals surface area contributed by atoms with Crippen molar-refractivity contribution in [3.8, 4) is 11.8 Å². The molecule has 0 spiro atoms. The van der Waals surface area contributed by atoms with Crippen LogP contribution in [0.15, 0.2) is 33.8 Å². The number of nitriles is 1. The number of hydrogen-bond acceptors (Lipinski definition) is 3. The summed E-state index contributed by atoms with van der Waals surface area (Å²) in [6.45, 7) is 0. The highest BCUT2D eigenvalue weighted by molar-refractivity contribution is 9.10. The normalized spacial score (nSPS) is 12.2. The van der Waals surface area contributed by atoms with Crippen LogP contribution in [0.25, 0.3) is 5.69 Å². The van der Waals surface area contributed by atoms with E-state index in [1.165, 1.54) is 0 Å². The molecule has 0 saturated heterocycles. The SMILES string of the molecule is N#Cc1c(SC(F)(F)F)c(N)n(-c2ccc(C(F)(F)F)cc2)c1Br. The van der Waals surface area contributed by atoms with Crippen molar-refractivity contribution in [1.82, 2.24) is 4.57 Å². The van der Waals surface area contributed by atoms with Crippen molar-refractivity contribution >= 4 is 33.5 Å². The molecule has 3 nitrogen and oxygen atoms in total. The zero-order valence-corrected chi connectivity index (χ0v) is 13.7. The number of benzene rings is 1. The summed E-state index contributed by atoms with van der Waals surface area (Å²) in [6, 6.07) is 5.24. The van der Waals surface area contributed by atoms with Crippen LogP contribution in [0, 0.1) is 11.3 Å². The number of alkyl halides is 6. The zero-order valence-electron chi connectivity index (χ0n) is 11.3. The Balaban J connectivity index is 2.58. The van der Waals surface area contributed by atoms with Crippen LogP contribution in [0.5, 0.6) is 0 Å². The van der Waals surface area contributed by atoms with Crippen LogP contribution in [0.4, 0.5) is 32.2 Å². The predicted octanol–water partition coefficient (Wildman–Crippen LogP) is 5.32. The van der Waals surface area contributed by atoms with E-state index in [9.17, 15) is 26.3 Å². The standard InChI is InChI=1S/C13H6BrF6N3S/c14-10-8(5-21)9(24-13(18,19)20)11(22)23(10)7-3-1-6(2-4-7)12(15,16)17/h1-4H,22H2. The number of thioether (sulfide) groups is 1. The van der Waals surface area contributed by atoms with Crippen molar-refractivity contribution in [2.24, 2.45) is 0 Å². The lowest BCUT2D eigenvalue weighted by Gasteiger charge is -2.11. The first-order chi connectivity index (χ1) is 11.0. The molecule has 0 saturated carbocycles. The van der Waals surface area contributed by atoms with Crippen LogP contribution in [-0.4, -0.2) is 10.1 Å². The molecule has 0 unspecified atom stereocenters. The number of rotatable bonds is 2. The molecule has 2 rings (SSSR count). The van der Waals surface area contributed by atoms with E-state index in [2.05, 4.69) is 15.9 Å². The third-order valence-electron chi connectivity index (χ3n) is 2.89. The van der Waals surface area contributed by atoms with Gasteiger partial charge in [0.05, 0.1) is 10.5 Å². The van der Waals surface area contributed by atoms with Crippen LogP contribution in [0.3, 0.4) is 0 Å². The van der Waals surface area contributed by atoms with Gasteiger partial charge in [0, 0.05) is 5.69 Å². The minimum Gasteiger partial charge on any atom is -0.384 e. The fourth-order valence-electron chi connectivity index (χ4n) is 1.91. The number of nitrogen functional groups attached to an aromatic ring is 1. The molecule has 2 N–H and O–H groups in total. The van der Waals surface area contributed by atoms with Crippen LogP contribution < -0.4 is 5.73 Å². The van der Waals surface area contributed by atoms with E-state index >= 15 is 0 Å². The van der Waals surface area contributed by atoms with Gasteiger partial charge in [0.15, 0.2) is 0 Å². The quantitative estimate of drug-likeness (QED) is 0.518. The number of nitrogens with zero attached hydrogens (tertiary/aromatic N) is 2. The van der Waals surface area contributed by atoms with Crippen molar-refractivity contribution in [2.45, 2.75) is 16.6 Å². The Morgan fingerprint density at radius 1 is 1.08 bits per heavy atom. The summed E-state index contributed by atoms with van der Waals surface area (Å²) in [7, 11) is 0. The fourth-order valence-corrected chi connectivity index (χ4v) is 3.39. The number of halogens is 7. The molecule has 2 aromatic rings. The van der Waals surface area contributed by atoms with E-state index in [0.29, 0.717) is 0 Å². The highest BCUT2D eigenvalue weighted by atomic mass is 79.9. The third kappa shape index (κ3) is 3.64. The summed E-state index contributed by atoms with van der Waals surface area (Å²) in [5.41, 5.74) is -0.181. The lowest BCUT2D eigenvalue weighted by atomic mass is 10.2. The second kappa shape index (κ2) is 6.25. The maximum Gasteiger partial charge on any atom is 0.446 e. The first kappa shape index (κ1) is 18.5. The Morgan fingerprint density at radius 3 is 2.04 bits per heavy atom. The van der Waals surface area contributed by atoms with Crippen molar-refractivity contribution < 1.29 is 26.3 Å². The lowest BCUT2D eigenvalue weighted by Crippen LogP contribution is -2.06. The number of aromatic nitrogens is 1. The summed E-state index contributed by atoms with van der Waals surface area (Å²) in [5.74, 6) is -0.402. The lowest BCUT2D eigenvalue weighted by molar-refractivity contribution is -0.137. The smallest absolute Gasteiger partial charge is 0.384 e. The number of hydrogen-bond donors (Lipinski definition) is 1. The van der Waals surface area contributed by atoms with Crippen LogP contribution in [0.1, 0.15) is 11.1 Å². The first-order valence-corrected chi connectivity index (χ1v) is 7.60. The van der Waals surface area contributed by atoms with E-state index in [4.69, 9.17) is 11.0 Å². The van der Waals surface area contributed by atoms with Gasteiger partial charge >= 0.3 is 11.7 Å². The molecule has 11 heteroatoms. The molecule has 0 amide bonds. The molecular formula is C13H6BrF6N3S. The summed E-state index contributed by atoms with van der Waals surface area (Å²) in [5, 5.41) is 9.05.